The molecule has 0 saturated heterocycles. The number of thioether (sulfide) groups is 1. The number of hydrogen-bond acceptors (Lipinski definition) is 4. The van der Waals surface area contributed by atoms with Gasteiger partial charge in [-0.05, 0) is 30.0 Å². The van der Waals surface area contributed by atoms with Crippen LogP contribution in [-0.2, 0) is 16.8 Å². The first-order chi connectivity index (χ1) is 14.7. The minimum absolute atomic E-state index is 0.0143. The van der Waals surface area contributed by atoms with E-state index < -0.39 is 0 Å². The molecule has 5 nitrogen and oxygen atoms in total. The number of aromatic nitrogens is 3. The van der Waals surface area contributed by atoms with Crippen LogP contribution in [-0.4, -0.2) is 33.0 Å². The topological polar surface area (TPSA) is 51.0 Å². The van der Waals surface area contributed by atoms with Gasteiger partial charge in [-0.1, -0.05) is 81.1 Å². The molecule has 3 aromatic rings. The zero-order chi connectivity index (χ0) is 22.6. The van der Waals surface area contributed by atoms with E-state index in [4.69, 9.17) is 0 Å². The number of anilines is 1. The van der Waals surface area contributed by atoms with Crippen molar-refractivity contribution in [2.24, 2.45) is 0 Å². The minimum atomic E-state index is -0.311. The quantitative estimate of drug-likeness (QED) is 0.360. The maximum Gasteiger partial charge on any atom is 0.240 e. The highest BCUT2D eigenvalue weighted by atomic mass is 32.2. The highest BCUT2D eigenvalue weighted by molar-refractivity contribution is 8.00. The summed E-state index contributed by atoms with van der Waals surface area (Å²) in [5, 5.41) is 9.22. The van der Waals surface area contributed by atoms with Crippen LogP contribution in [0.3, 0.4) is 0 Å². The number of carbonyl (C=O) groups is 1. The molecule has 0 aliphatic carbocycles. The van der Waals surface area contributed by atoms with E-state index in [9.17, 15) is 4.79 Å². The Bertz CT molecular complexity index is 1040. The van der Waals surface area contributed by atoms with Crippen molar-refractivity contribution in [2.75, 3.05) is 11.9 Å². The van der Waals surface area contributed by atoms with E-state index in [1.807, 2.05) is 47.9 Å². The van der Waals surface area contributed by atoms with Gasteiger partial charge in [0.2, 0.25) is 5.91 Å². The Morgan fingerprint density at radius 3 is 2.35 bits per heavy atom. The Labute approximate surface area is 189 Å². The van der Waals surface area contributed by atoms with Crippen molar-refractivity contribution in [3.8, 4) is 11.4 Å². The summed E-state index contributed by atoms with van der Waals surface area (Å²) in [6.07, 6.45) is 1.82. The highest BCUT2D eigenvalue weighted by Crippen LogP contribution is 2.30. The first-order valence-electron chi connectivity index (χ1n) is 10.4. The predicted molar refractivity (Wildman–Crippen MR) is 130 cm³/mol. The van der Waals surface area contributed by atoms with Crippen molar-refractivity contribution in [3.05, 3.63) is 72.8 Å². The first-order valence-corrected chi connectivity index (χ1v) is 11.2. The van der Waals surface area contributed by atoms with Crippen molar-refractivity contribution in [1.82, 2.24) is 14.8 Å². The lowest BCUT2D eigenvalue weighted by Crippen LogP contribution is -2.33. The molecule has 0 aliphatic rings. The molecule has 1 aromatic heterocycles. The molecule has 162 valence electrons. The van der Waals surface area contributed by atoms with Crippen LogP contribution in [0, 0.1) is 0 Å². The zero-order valence-electron chi connectivity index (χ0n) is 18.9. The molecule has 31 heavy (non-hydrogen) atoms. The molecular weight excluding hydrogens is 404 g/mol. The van der Waals surface area contributed by atoms with Crippen LogP contribution in [0.1, 0.15) is 33.3 Å². The van der Waals surface area contributed by atoms with E-state index in [1.165, 1.54) is 17.3 Å². The third-order valence-corrected chi connectivity index (χ3v) is 6.21. The lowest BCUT2D eigenvalue weighted by molar-refractivity contribution is -0.117. The lowest BCUT2D eigenvalue weighted by atomic mass is 9.87. The summed E-state index contributed by atoms with van der Waals surface area (Å²) in [6, 6.07) is 18.1. The molecule has 1 atom stereocenters. The van der Waals surface area contributed by atoms with Crippen LogP contribution in [0.15, 0.2) is 72.4 Å². The fraction of sp³-hybridized carbons (Fsp3) is 0.320. The summed E-state index contributed by atoms with van der Waals surface area (Å²) in [6.45, 7) is 12.9. The van der Waals surface area contributed by atoms with Crippen molar-refractivity contribution in [1.29, 1.82) is 0 Å². The first kappa shape index (κ1) is 22.8. The van der Waals surface area contributed by atoms with Crippen molar-refractivity contribution in [3.63, 3.8) is 0 Å². The molecule has 3 rings (SSSR count). The minimum Gasteiger partial charge on any atom is -0.315 e. The predicted octanol–water partition coefficient (Wildman–Crippen LogP) is 5.57. The summed E-state index contributed by atoms with van der Waals surface area (Å²) in [7, 11) is 1.80. The van der Waals surface area contributed by atoms with Gasteiger partial charge in [0, 0.05) is 24.8 Å². The second-order valence-corrected chi connectivity index (χ2v) is 9.83. The number of rotatable bonds is 7. The smallest absolute Gasteiger partial charge is 0.240 e. The van der Waals surface area contributed by atoms with Crippen LogP contribution in [0.25, 0.3) is 11.4 Å². The van der Waals surface area contributed by atoms with Gasteiger partial charge in [-0.2, -0.15) is 0 Å². The Hall–Kier alpha value is -2.86. The molecule has 0 aliphatic heterocycles. The van der Waals surface area contributed by atoms with Crippen LogP contribution >= 0.6 is 11.8 Å². The number of para-hydroxylation sites is 1. The fourth-order valence-electron chi connectivity index (χ4n) is 3.26. The van der Waals surface area contributed by atoms with E-state index in [1.54, 1.807) is 11.9 Å². The summed E-state index contributed by atoms with van der Waals surface area (Å²) < 4.78 is 2.01. The van der Waals surface area contributed by atoms with Crippen molar-refractivity contribution < 1.29 is 4.79 Å². The molecule has 0 fully saturated rings. The molecule has 6 heteroatoms. The molecule has 0 N–H and O–H groups in total. The average Bonchev–Trinajstić information content (AvgIpc) is 3.15. The largest absolute Gasteiger partial charge is 0.315 e. The average molecular weight is 435 g/mol. The Morgan fingerprint density at radius 1 is 1.13 bits per heavy atom. The normalized spacial score (nSPS) is 12.4. The maximum atomic E-state index is 13.0. The van der Waals surface area contributed by atoms with Gasteiger partial charge >= 0.3 is 0 Å². The highest BCUT2D eigenvalue weighted by Gasteiger charge is 2.24. The summed E-state index contributed by atoms with van der Waals surface area (Å²) in [5.74, 6) is 0.791. The fourth-order valence-corrected chi connectivity index (χ4v) is 4.21. The Kier molecular flexibility index (Phi) is 7.01. The van der Waals surface area contributed by atoms with Crippen LogP contribution in [0.4, 0.5) is 5.69 Å². The molecular formula is C25H30N4OS. The lowest BCUT2D eigenvalue weighted by Gasteiger charge is -2.21. The van der Waals surface area contributed by atoms with E-state index in [2.05, 4.69) is 61.8 Å². The SMILES string of the molecule is C=CCn1c(SC(C)C(=O)N(C)c2ccccc2)nnc1-c1ccc(C(C)(C)C)cc1. The summed E-state index contributed by atoms with van der Waals surface area (Å²) in [5.41, 5.74) is 3.22. The van der Waals surface area contributed by atoms with Gasteiger partial charge in [0.05, 0.1) is 5.25 Å². The standard InChI is InChI=1S/C25H30N4OS/c1-7-17-29-22(19-13-15-20(16-14-19)25(3,4)5)26-27-24(29)31-18(2)23(30)28(6)21-11-9-8-10-12-21/h7-16,18H,1,17H2,2-6H3. The van der Waals surface area contributed by atoms with E-state index >= 15 is 0 Å². The Balaban J connectivity index is 1.83. The second-order valence-electron chi connectivity index (χ2n) is 8.53. The van der Waals surface area contributed by atoms with E-state index in [-0.39, 0.29) is 16.6 Å². The van der Waals surface area contributed by atoms with E-state index in [0.717, 1.165) is 17.1 Å². The number of hydrogen-bond donors (Lipinski definition) is 0. The van der Waals surface area contributed by atoms with E-state index in [0.29, 0.717) is 11.7 Å². The molecule has 1 heterocycles. The third kappa shape index (κ3) is 5.25. The summed E-state index contributed by atoms with van der Waals surface area (Å²) >= 11 is 1.41. The van der Waals surface area contributed by atoms with Gasteiger partial charge in [-0.25, -0.2) is 0 Å². The molecule has 0 spiro atoms. The number of allylic oxidation sites excluding steroid dienone is 1. The van der Waals surface area contributed by atoms with Crippen molar-refractivity contribution >= 4 is 23.4 Å². The number of benzene rings is 2. The molecule has 0 radical (unpaired) electrons. The van der Waals surface area contributed by atoms with Crippen LogP contribution in [0.2, 0.25) is 0 Å². The summed E-state index contributed by atoms with van der Waals surface area (Å²) in [4.78, 5) is 14.6. The molecule has 2 aromatic carbocycles. The third-order valence-electron chi connectivity index (χ3n) is 5.14. The molecule has 0 bridgehead atoms. The van der Waals surface area contributed by atoms with Gasteiger partial charge in [0.25, 0.3) is 0 Å². The number of amides is 1. The van der Waals surface area contributed by atoms with Gasteiger partial charge in [-0.3, -0.25) is 9.36 Å². The van der Waals surface area contributed by atoms with Crippen molar-refractivity contribution in [2.45, 2.75) is 50.1 Å². The zero-order valence-corrected chi connectivity index (χ0v) is 19.7. The van der Waals surface area contributed by atoms with Gasteiger partial charge in [-0.15, -0.1) is 16.8 Å². The molecule has 0 saturated carbocycles. The Morgan fingerprint density at radius 2 is 1.77 bits per heavy atom. The second kappa shape index (κ2) is 9.52. The number of carbonyl (C=O) groups excluding carboxylic acids is 1. The van der Waals surface area contributed by atoms with Gasteiger partial charge < -0.3 is 4.90 Å². The molecule has 1 amide bonds. The van der Waals surface area contributed by atoms with Crippen LogP contribution < -0.4 is 4.90 Å². The van der Waals surface area contributed by atoms with Gasteiger partial charge in [0.1, 0.15) is 0 Å². The van der Waals surface area contributed by atoms with Gasteiger partial charge in [0.15, 0.2) is 11.0 Å². The van der Waals surface area contributed by atoms with Crippen LogP contribution in [0.5, 0.6) is 0 Å². The monoisotopic (exact) mass is 434 g/mol. The molecule has 1 unspecified atom stereocenters. The maximum absolute atomic E-state index is 13.0. The number of nitrogens with zero attached hydrogens (tertiary/aromatic N) is 4.